The molecular formula is C38H52N6O6S2. The third-order valence-corrected chi connectivity index (χ3v) is 12.7. The molecule has 2 heterocycles. The van der Waals surface area contributed by atoms with Crippen LogP contribution >= 0.6 is 11.3 Å². The number of aromatic nitrogens is 1. The third kappa shape index (κ3) is 10.0. The molecule has 2 aromatic carbocycles. The van der Waals surface area contributed by atoms with E-state index in [2.05, 4.69) is 34.0 Å². The fraction of sp³-hybridized carbons (Fsp3) is 0.553. The summed E-state index contributed by atoms with van der Waals surface area (Å²) >= 11 is 1.58. The summed E-state index contributed by atoms with van der Waals surface area (Å²) < 4.78 is 30.1. The van der Waals surface area contributed by atoms with E-state index < -0.39 is 34.1 Å². The number of thiazole rings is 1. The molecule has 1 saturated carbocycles. The van der Waals surface area contributed by atoms with Crippen LogP contribution in [0.5, 0.6) is 0 Å². The number of aliphatic hydroxyl groups excluding tert-OH is 1. The van der Waals surface area contributed by atoms with E-state index in [1.54, 1.807) is 33.3 Å². The smallest absolute Gasteiger partial charge is 0.321 e. The average Bonchev–Trinajstić information content (AvgIpc) is 3.88. The zero-order chi connectivity index (χ0) is 37.4. The number of carbonyl (C=O) groups is 2. The van der Waals surface area contributed by atoms with Gasteiger partial charge in [-0.15, -0.1) is 11.3 Å². The Morgan fingerprint density at radius 1 is 1.06 bits per heavy atom. The van der Waals surface area contributed by atoms with Crippen molar-refractivity contribution in [1.29, 1.82) is 0 Å². The predicted octanol–water partition coefficient (Wildman–Crippen LogP) is 5.59. The van der Waals surface area contributed by atoms with Crippen LogP contribution in [0.4, 0.5) is 4.79 Å². The van der Waals surface area contributed by atoms with Gasteiger partial charge in [0.15, 0.2) is 0 Å². The maximum Gasteiger partial charge on any atom is 0.321 e. The first kappa shape index (κ1) is 39.5. The van der Waals surface area contributed by atoms with Crippen LogP contribution in [0, 0.1) is 16.7 Å². The van der Waals surface area contributed by atoms with Gasteiger partial charge >= 0.3 is 6.03 Å². The molecule has 1 aromatic heterocycles. The molecule has 14 heteroatoms. The van der Waals surface area contributed by atoms with Gasteiger partial charge < -0.3 is 20.2 Å². The molecule has 3 aromatic rings. The molecule has 2 aliphatic rings. The fourth-order valence-electron chi connectivity index (χ4n) is 7.25. The first-order chi connectivity index (χ1) is 24.9. The molecule has 3 atom stereocenters. The van der Waals surface area contributed by atoms with E-state index in [1.165, 1.54) is 6.07 Å². The number of hydrogen-bond donors (Lipinski definition) is 3. The molecule has 1 aliphatic carbocycles. The van der Waals surface area contributed by atoms with Crippen molar-refractivity contribution in [2.45, 2.75) is 108 Å². The van der Waals surface area contributed by atoms with Crippen LogP contribution in [0.1, 0.15) is 86.7 Å². The van der Waals surface area contributed by atoms with Crippen LogP contribution in [-0.2, 0) is 40.7 Å². The van der Waals surface area contributed by atoms with E-state index in [0.29, 0.717) is 49.0 Å². The molecule has 2 fully saturated rings. The Bertz CT molecular complexity index is 1780. The van der Waals surface area contributed by atoms with E-state index in [4.69, 9.17) is 0 Å². The summed E-state index contributed by atoms with van der Waals surface area (Å²) in [5.74, 6) is 0.00464. The van der Waals surface area contributed by atoms with E-state index >= 15 is 0 Å². The normalized spacial score (nSPS) is 17.2. The number of nitrogens with one attached hydrogen (secondary N) is 2. The SMILES string of the molecule is CC(C)c1nc(CN2CCN([C@H](C(=O)N[C@@H](Cc3ccccc3)[C@H](O)CNS(=O)(=O)c3ccc(CN=O)cc3CC3CCCC3)C(C)C)C2=O)cs1. The van der Waals surface area contributed by atoms with Crippen molar-refractivity contribution in [3.63, 3.8) is 0 Å². The lowest BCUT2D eigenvalue weighted by molar-refractivity contribution is -0.128. The number of hydrogen-bond acceptors (Lipinski definition) is 9. The number of aliphatic hydroxyl groups is 1. The second-order valence-corrected chi connectivity index (χ2v) is 17.4. The molecule has 1 saturated heterocycles. The number of urea groups is 1. The third-order valence-electron chi connectivity index (χ3n) is 10.00. The van der Waals surface area contributed by atoms with Crippen molar-refractivity contribution in [3.05, 3.63) is 86.2 Å². The zero-order valence-corrected chi connectivity index (χ0v) is 32.2. The van der Waals surface area contributed by atoms with Crippen LogP contribution in [0.25, 0.3) is 0 Å². The number of nitrogens with zero attached hydrogens (tertiary/aromatic N) is 4. The second-order valence-electron chi connectivity index (χ2n) is 14.7. The van der Waals surface area contributed by atoms with Gasteiger partial charge in [0.2, 0.25) is 15.9 Å². The molecule has 282 valence electrons. The molecule has 1 aliphatic heterocycles. The van der Waals surface area contributed by atoms with Crippen molar-refractivity contribution in [3.8, 4) is 0 Å². The van der Waals surface area contributed by atoms with Crippen molar-refractivity contribution in [2.75, 3.05) is 19.6 Å². The summed E-state index contributed by atoms with van der Waals surface area (Å²) in [7, 11) is -4.07. The summed E-state index contributed by atoms with van der Waals surface area (Å²) in [6.45, 7) is 8.71. The fourth-order valence-corrected chi connectivity index (χ4v) is 9.36. The highest BCUT2D eigenvalue weighted by atomic mass is 32.2. The monoisotopic (exact) mass is 752 g/mol. The van der Waals surface area contributed by atoms with Crippen LogP contribution in [0.3, 0.4) is 0 Å². The van der Waals surface area contributed by atoms with Gasteiger partial charge in [-0.3, -0.25) is 4.79 Å². The summed E-state index contributed by atoms with van der Waals surface area (Å²) in [6, 6.07) is 12.3. The van der Waals surface area contributed by atoms with Crippen LogP contribution in [0.15, 0.2) is 64.0 Å². The summed E-state index contributed by atoms with van der Waals surface area (Å²) in [4.78, 5) is 46.8. The van der Waals surface area contributed by atoms with E-state index in [0.717, 1.165) is 41.9 Å². The minimum absolute atomic E-state index is 0.0473. The highest BCUT2D eigenvalue weighted by Crippen LogP contribution is 2.31. The van der Waals surface area contributed by atoms with Gasteiger partial charge in [0, 0.05) is 30.9 Å². The van der Waals surface area contributed by atoms with Crippen molar-refractivity contribution in [1.82, 2.24) is 24.8 Å². The van der Waals surface area contributed by atoms with Gasteiger partial charge in [0.05, 0.1) is 34.3 Å². The lowest BCUT2D eigenvalue weighted by Crippen LogP contribution is -2.57. The lowest BCUT2D eigenvalue weighted by atomic mass is 9.97. The Labute approximate surface area is 311 Å². The predicted molar refractivity (Wildman–Crippen MR) is 202 cm³/mol. The Hall–Kier alpha value is -3.72. The number of rotatable bonds is 18. The summed E-state index contributed by atoms with van der Waals surface area (Å²) in [5, 5.41) is 20.5. The van der Waals surface area contributed by atoms with Gasteiger partial charge in [-0.05, 0) is 47.4 Å². The quantitative estimate of drug-likeness (QED) is 0.143. The molecule has 3 amide bonds. The Morgan fingerprint density at radius 3 is 2.44 bits per heavy atom. The van der Waals surface area contributed by atoms with Crippen molar-refractivity contribution < 1.29 is 23.1 Å². The molecule has 12 nitrogen and oxygen atoms in total. The standard InChI is InChI=1S/C38H52N6O6S2/c1-25(2)35(44-17-16-43(38(44)47)23-31-24-51-37(41-31)26(3)4)36(46)42-32(20-28-10-6-5-7-11-28)33(45)22-40-52(49,50)34-15-14-29(21-39-48)19-30(34)18-27-12-8-9-13-27/h5-7,10-11,14-15,19,24-27,32-33,35,40,45H,8-9,12-13,16-18,20-23H2,1-4H3,(H,42,46)/t32-,33+,35-/m0/s1. The van der Waals surface area contributed by atoms with Gasteiger partial charge in [0.1, 0.15) is 12.6 Å². The van der Waals surface area contributed by atoms with E-state index in [-0.39, 0.29) is 36.4 Å². The molecule has 0 bridgehead atoms. The molecule has 52 heavy (non-hydrogen) atoms. The molecule has 0 unspecified atom stereocenters. The van der Waals surface area contributed by atoms with Crippen molar-refractivity contribution in [2.24, 2.45) is 17.0 Å². The first-order valence-electron chi connectivity index (χ1n) is 18.3. The van der Waals surface area contributed by atoms with E-state index in [9.17, 15) is 28.0 Å². The number of sulfonamides is 1. The summed E-state index contributed by atoms with van der Waals surface area (Å²) in [5.41, 5.74) is 2.95. The molecule has 3 N–H and O–H groups in total. The number of amides is 3. The highest BCUT2D eigenvalue weighted by Gasteiger charge is 2.40. The Balaban J connectivity index is 1.30. The second kappa shape index (κ2) is 17.9. The minimum Gasteiger partial charge on any atom is -0.390 e. The molecule has 0 spiro atoms. The van der Waals surface area contributed by atoms with Gasteiger partial charge in [-0.25, -0.2) is 22.9 Å². The average molecular weight is 753 g/mol. The zero-order valence-electron chi connectivity index (χ0n) is 30.5. The lowest BCUT2D eigenvalue weighted by Gasteiger charge is -2.33. The molecule has 0 radical (unpaired) electrons. The number of nitroso groups, excluding NO2 is 1. The number of benzene rings is 2. The Morgan fingerprint density at radius 2 is 1.79 bits per heavy atom. The maximum atomic E-state index is 14.1. The number of carbonyl (C=O) groups excluding carboxylic acids is 2. The topological polar surface area (TPSA) is 161 Å². The van der Waals surface area contributed by atoms with Crippen LogP contribution in [-0.4, -0.2) is 78.1 Å². The van der Waals surface area contributed by atoms with Crippen LogP contribution < -0.4 is 10.0 Å². The van der Waals surface area contributed by atoms with Gasteiger partial charge in [-0.1, -0.05) is 101 Å². The van der Waals surface area contributed by atoms with E-state index in [1.807, 2.05) is 49.6 Å². The van der Waals surface area contributed by atoms with Crippen LogP contribution in [0.2, 0.25) is 0 Å². The first-order valence-corrected chi connectivity index (χ1v) is 20.6. The molecular weight excluding hydrogens is 701 g/mol. The minimum atomic E-state index is -4.07. The summed E-state index contributed by atoms with van der Waals surface area (Å²) in [6.07, 6.45) is 3.77. The van der Waals surface area contributed by atoms with Gasteiger partial charge in [0.25, 0.3) is 0 Å². The van der Waals surface area contributed by atoms with Crippen molar-refractivity contribution >= 4 is 33.3 Å². The van der Waals surface area contributed by atoms with Gasteiger partial charge in [-0.2, -0.15) is 4.91 Å². The highest BCUT2D eigenvalue weighted by molar-refractivity contribution is 7.89. The largest absolute Gasteiger partial charge is 0.390 e. The Kier molecular flexibility index (Phi) is 13.6. The molecule has 5 rings (SSSR count). The maximum absolute atomic E-state index is 14.1.